The lowest BCUT2D eigenvalue weighted by Gasteiger charge is -2.11. The van der Waals surface area contributed by atoms with Crippen molar-refractivity contribution in [1.29, 1.82) is 5.26 Å². The number of aromatic nitrogens is 1. The third-order valence-electron chi connectivity index (χ3n) is 3.49. The van der Waals surface area contributed by atoms with Gasteiger partial charge in [0.1, 0.15) is 6.07 Å². The van der Waals surface area contributed by atoms with Gasteiger partial charge in [-0.1, -0.05) is 18.2 Å². The van der Waals surface area contributed by atoms with Gasteiger partial charge in [-0.15, -0.1) is 0 Å². The highest BCUT2D eigenvalue weighted by Gasteiger charge is 2.22. The van der Waals surface area contributed by atoms with Crippen molar-refractivity contribution >= 4 is 22.5 Å². The lowest BCUT2D eigenvalue weighted by atomic mass is 10.1. The van der Waals surface area contributed by atoms with Crippen LogP contribution in [0.5, 0.6) is 0 Å². The molecule has 0 unspecified atom stereocenters. The normalized spacial score (nSPS) is 13.7. The van der Waals surface area contributed by atoms with Crippen molar-refractivity contribution in [3.8, 4) is 6.07 Å². The number of fused-ring (bicyclic) bond motifs is 1. The zero-order chi connectivity index (χ0) is 14.7. The number of carbonyl (C=O) groups is 1. The maximum Gasteiger partial charge on any atom is 0.221 e. The molecule has 1 fully saturated rings. The summed E-state index contributed by atoms with van der Waals surface area (Å²) in [5, 5.41) is 16.3. The molecular weight excluding hydrogens is 264 g/mol. The van der Waals surface area contributed by atoms with Crippen LogP contribution in [0.15, 0.2) is 30.5 Å². The molecular formula is C16H16N4O. The first kappa shape index (κ1) is 13.4. The van der Waals surface area contributed by atoms with Gasteiger partial charge in [-0.25, -0.2) is 0 Å². The summed E-state index contributed by atoms with van der Waals surface area (Å²) < 4.78 is 0. The van der Waals surface area contributed by atoms with Crippen molar-refractivity contribution in [1.82, 2.24) is 10.3 Å². The molecule has 1 aromatic heterocycles. The van der Waals surface area contributed by atoms with E-state index in [0.29, 0.717) is 24.6 Å². The summed E-state index contributed by atoms with van der Waals surface area (Å²) in [6, 6.07) is 10.2. The Hall–Kier alpha value is -2.61. The fourth-order valence-corrected chi connectivity index (χ4v) is 2.25. The second-order valence-electron chi connectivity index (χ2n) is 5.19. The lowest BCUT2D eigenvalue weighted by Crippen LogP contribution is -2.27. The molecule has 0 radical (unpaired) electrons. The number of benzene rings is 1. The third-order valence-corrected chi connectivity index (χ3v) is 3.49. The van der Waals surface area contributed by atoms with E-state index in [2.05, 4.69) is 21.7 Å². The summed E-state index contributed by atoms with van der Waals surface area (Å²) in [4.78, 5) is 15.9. The van der Waals surface area contributed by atoms with Crippen LogP contribution in [0.1, 0.15) is 24.8 Å². The Balaban J connectivity index is 1.72. The highest BCUT2D eigenvalue weighted by Crippen LogP contribution is 2.25. The number of carbonyl (C=O) groups excluding carboxylic acids is 1. The first-order valence-electron chi connectivity index (χ1n) is 7.09. The van der Waals surface area contributed by atoms with Crippen molar-refractivity contribution in [2.45, 2.75) is 25.3 Å². The summed E-state index contributed by atoms with van der Waals surface area (Å²) in [6.07, 6.45) is 4.15. The van der Waals surface area contributed by atoms with E-state index in [-0.39, 0.29) is 5.91 Å². The minimum Gasteiger partial charge on any atom is -0.383 e. The Morgan fingerprint density at radius 2 is 2.19 bits per heavy atom. The second-order valence-corrected chi connectivity index (χ2v) is 5.19. The van der Waals surface area contributed by atoms with Crippen LogP contribution in [-0.4, -0.2) is 23.5 Å². The predicted octanol–water partition coefficient (Wildman–Crippen LogP) is 2.19. The molecule has 5 heteroatoms. The van der Waals surface area contributed by atoms with Gasteiger partial charge in [0.15, 0.2) is 0 Å². The molecule has 1 amide bonds. The number of nitrogens with one attached hydrogen (secondary N) is 2. The lowest BCUT2D eigenvalue weighted by molar-refractivity contribution is -0.120. The molecule has 1 aliphatic carbocycles. The molecule has 0 bridgehead atoms. The van der Waals surface area contributed by atoms with Gasteiger partial charge in [0.25, 0.3) is 0 Å². The van der Waals surface area contributed by atoms with Crippen molar-refractivity contribution in [3.05, 3.63) is 36.0 Å². The van der Waals surface area contributed by atoms with Crippen LogP contribution in [0.25, 0.3) is 10.9 Å². The minimum absolute atomic E-state index is 0.0573. The fraction of sp³-hybridized carbons (Fsp3) is 0.312. The van der Waals surface area contributed by atoms with E-state index >= 15 is 0 Å². The molecule has 2 N–H and O–H groups in total. The summed E-state index contributed by atoms with van der Waals surface area (Å²) >= 11 is 0. The molecule has 0 saturated heterocycles. The van der Waals surface area contributed by atoms with E-state index < -0.39 is 0 Å². The van der Waals surface area contributed by atoms with Crippen LogP contribution in [-0.2, 0) is 4.79 Å². The summed E-state index contributed by atoms with van der Waals surface area (Å²) in [5.74, 6) is 0.0573. The summed E-state index contributed by atoms with van der Waals surface area (Å²) in [6.45, 7) is 0.501. The molecule has 1 saturated carbocycles. The van der Waals surface area contributed by atoms with Crippen LogP contribution >= 0.6 is 0 Å². The van der Waals surface area contributed by atoms with Gasteiger partial charge in [-0.3, -0.25) is 9.78 Å². The van der Waals surface area contributed by atoms with E-state index in [0.717, 1.165) is 29.4 Å². The zero-order valence-corrected chi connectivity index (χ0v) is 11.6. The van der Waals surface area contributed by atoms with Crippen LogP contribution in [0.4, 0.5) is 5.69 Å². The number of nitriles is 1. The molecule has 0 spiro atoms. The molecule has 3 rings (SSSR count). The van der Waals surface area contributed by atoms with Crippen molar-refractivity contribution in [2.24, 2.45) is 0 Å². The predicted molar refractivity (Wildman–Crippen MR) is 80.7 cm³/mol. The second kappa shape index (κ2) is 5.80. The SMILES string of the molecule is N#Cc1cnc2ccccc2c1NCCC(=O)NC1CC1. The van der Waals surface area contributed by atoms with Gasteiger partial charge in [0.2, 0.25) is 5.91 Å². The monoisotopic (exact) mass is 280 g/mol. The van der Waals surface area contributed by atoms with Gasteiger partial charge in [-0.2, -0.15) is 5.26 Å². The Labute approximate surface area is 123 Å². The summed E-state index contributed by atoms with van der Waals surface area (Å²) in [5.41, 5.74) is 2.08. The molecule has 2 aromatic rings. The summed E-state index contributed by atoms with van der Waals surface area (Å²) in [7, 11) is 0. The number of nitrogens with zero attached hydrogens (tertiary/aromatic N) is 2. The number of pyridine rings is 1. The molecule has 0 aliphatic heterocycles. The quantitative estimate of drug-likeness (QED) is 0.880. The van der Waals surface area contributed by atoms with Crippen molar-refractivity contribution < 1.29 is 4.79 Å². The number of rotatable bonds is 5. The van der Waals surface area contributed by atoms with E-state index in [9.17, 15) is 10.1 Å². The number of anilines is 1. The van der Waals surface area contributed by atoms with Gasteiger partial charge in [-0.05, 0) is 18.9 Å². The Morgan fingerprint density at radius 3 is 2.95 bits per heavy atom. The molecule has 1 heterocycles. The highest BCUT2D eigenvalue weighted by atomic mass is 16.1. The average Bonchev–Trinajstić information content (AvgIpc) is 3.31. The van der Waals surface area contributed by atoms with Crippen LogP contribution in [0, 0.1) is 11.3 Å². The van der Waals surface area contributed by atoms with Crippen molar-refractivity contribution in [2.75, 3.05) is 11.9 Å². The topological polar surface area (TPSA) is 77.8 Å². The maximum atomic E-state index is 11.7. The van der Waals surface area contributed by atoms with E-state index in [4.69, 9.17) is 0 Å². The molecule has 1 aliphatic rings. The molecule has 0 atom stereocenters. The van der Waals surface area contributed by atoms with Gasteiger partial charge in [0, 0.05) is 30.6 Å². The van der Waals surface area contributed by atoms with Crippen LogP contribution < -0.4 is 10.6 Å². The zero-order valence-electron chi connectivity index (χ0n) is 11.6. The number of amides is 1. The van der Waals surface area contributed by atoms with Gasteiger partial charge >= 0.3 is 0 Å². The van der Waals surface area contributed by atoms with Gasteiger partial charge < -0.3 is 10.6 Å². The first-order chi connectivity index (χ1) is 10.3. The Bertz CT molecular complexity index is 716. The minimum atomic E-state index is 0.0573. The maximum absolute atomic E-state index is 11.7. The van der Waals surface area contributed by atoms with Crippen LogP contribution in [0.3, 0.4) is 0 Å². The van der Waals surface area contributed by atoms with Crippen molar-refractivity contribution in [3.63, 3.8) is 0 Å². The first-order valence-corrected chi connectivity index (χ1v) is 7.09. The number of hydrogen-bond donors (Lipinski definition) is 2. The molecule has 5 nitrogen and oxygen atoms in total. The average molecular weight is 280 g/mol. The number of para-hydroxylation sites is 1. The molecule has 1 aromatic carbocycles. The largest absolute Gasteiger partial charge is 0.383 e. The smallest absolute Gasteiger partial charge is 0.221 e. The van der Waals surface area contributed by atoms with E-state index in [1.807, 2.05) is 24.3 Å². The molecule has 21 heavy (non-hydrogen) atoms. The van der Waals surface area contributed by atoms with Gasteiger partial charge in [0.05, 0.1) is 16.8 Å². The standard InChI is InChI=1S/C16H16N4O/c17-9-11-10-19-14-4-2-1-3-13(14)16(11)18-8-7-15(21)20-12-5-6-12/h1-4,10,12H,5-8H2,(H,18,19)(H,20,21). The third kappa shape index (κ3) is 3.11. The Morgan fingerprint density at radius 1 is 1.38 bits per heavy atom. The van der Waals surface area contributed by atoms with E-state index in [1.54, 1.807) is 6.20 Å². The fourth-order valence-electron chi connectivity index (χ4n) is 2.25. The van der Waals surface area contributed by atoms with Crippen LogP contribution in [0.2, 0.25) is 0 Å². The molecule has 106 valence electrons. The number of hydrogen-bond acceptors (Lipinski definition) is 4. The van der Waals surface area contributed by atoms with E-state index in [1.165, 1.54) is 0 Å². The highest BCUT2D eigenvalue weighted by molar-refractivity contribution is 5.94. The Kier molecular flexibility index (Phi) is 3.69.